The highest BCUT2D eigenvalue weighted by Crippen LogP contribution is 2.23. The second-order valence-corrected chi connectivity index (χ2v) is 9.76. The average molecular weight is 416 g/mol. The third kappa shape index (κ3) is 5.58. The molecule has 1 amide bonds. The third-order valence-corrected chi connectivity index (χ3v) is 7.08. The van der Waals surface area contributed by atoms with Crippen LogP contribution < -0.4 is 10.2 Å². The summed E-state index contributed by atoms with van der Waals surface area (Å²) in [6.45, 7) is 4.60. The Balaban J connectivity index is 1.51. The van der Waals surface area contributed by atoms with Crippen LogP contribution in [0.15, 0.2) is 59.5 Å². The first-order chi connectivity index (χ1) is 13.9. The summed E-state index contributed by atoms with van der Waals surface area (Å²) in [5.41, 5.74) is 2.20. The van der Waals surface area contributed by atoms with E-state index in [2.05, 4.69) is 29.3 Å². The fraction of sp³-hybridized carbons (Fsp3) is 0.409. The molecule has 1 N–H and O–H groups in total. The average Bonchev–Trinajstić information content (AvgIpc) is 2.73. The number of benzene rings is 2. The lowest BCUT2D eigenvalue weighted by molar-refractivity contribution is -0.121. The summed E-state index contributed by atoms with van der Waals surface area (Å²) in [4.78, 5) is 14.8. The zero-order valence-corrected chi connectivity index (χ0v) is 17.9. The van der Waals surface area contributed by atoms with E-state index in [-0.39, 0.29) is 17.3 Å². The zero-order valence-electron chi connectivity index (χ0n) is 17.0. The molecule has 7 heteroatoms. The molecule has 0 spiro atoms. The molecule has 0 unspecified atom stereocenters. The lowest BCUT2D eigenvalue weighted by Crippen LogP contribution is -2.38. The molecular weight excluding hydrogens is 386 g/mol. The van der Waals surface area contributed by atoms with Crippen molar-refractivity contribution in [2.75, 3.05) is 31.6 Å². The van der Waals surface area contributed by atoms with Crippen LogP contribution in [0.5, 0.6) is 0 Å². The van der Waals surface area contributed by atoms with Crippen molar-refractivity contribution in [2.45, 2.75) is 31.2 Å². The number of carbonyl (C=O) groups excluding carboxylic acids is 1. The van der Waals surface area contributed by atoms with Gasteiger partial charge in [0, 0.05) is 32.4 Å². The minimum atomic E-state index is -3.67. The van der Waals surface area contributed by atoms with Gasteiger partial charge in [0.1, 0.15) is 0 Å². The number of piperidine rings is 1. The Hall–Kier alpha value is -2.38. The summed E-state index contributed by atoms with van der Waals surface area (Å²) in [7, 11) is -2.26. The summed E-state index contributed by atoms with van der Waals surface area (Å²) in [5.74, 6) is 0.382. The van der Waals surface area contributed by atoms with Crippen LogP contribution in [0.25, 0.3) is 0 Å². The third-order valence-electron chi connectivity index (χ3n) is 5.27. The number of amides is 1. The first kappa shape index (κ1) is 21.3. The first-order valence-electron chi connectivity index (χ1n) is 9.98. The first-order valence-corrected chi connectivity index (χ1v) is 11.4. The van der Waals surface area contributed by atoms with Gasteiger partial charge < -0.3 is 10.2 Å². The van der Waals surface area contributed by atoms with Crippen LogP contribution in [0.1, 0.15) is 25.3 Å². The summed E-state index contributed by atoms with van der Waals surface area (Å²) < 4.78 is 26.1. The van der Waals surface area contributed by atoms with Gasteiger partial charge >= 0.3 is 0 Å². The molecule has 1 atom stereocenters. The Kier molecular flexibility index (Phi) is 6.92. The number of hydrogen-bond acceptors (Lipinski definition) is 4. The molecule has 0 aliphatic carbocycles. The molecule has 6 nitrogen and oxygen atoms in total. The van der Waals surface area contributed by atoms with Crippen molar-refractivity contribution in [3.63, 3.8) is 0 Å². The zero-order chi connectivity index (χ0) is 20.9. The molecule has 0 bridgehead atoms. The Morgan fingerprint density at radius 3 is 2.48 bits per heavy atom. The molecule has 156 valence electrons. The van der Waals surface area contributed by atoms with Crippen LogP contribution in [-0.2, 0) is 21.4 Å². The number of nitrogens with zero attached hydrogens (tertiary/aromatic N) is 2. The van der Waals surface area contributed by atoms with Crippen LogP contribution in [0.3, 0.4) is 0 Å². The minimum Gasteiger partial charge on any atom is -0.371 e. The minimum absolute atomic E-state index is 0.179. The quantitative estimate of drug-likeness (QED) is 0.755. The number of nitrogens with one attached hydrogen (secondary N) is 1. The van der Waals surface area contributed by atoms with Crippen LogP contribution in [0.2, 0.25) is 0 Å². The predicted octanol–water partition coefficient (Wildman–Crippen LogP) is 2.86. The largest absolute Gasteiger partial charge is 0.371 e. The van der Waals surface area contributed by atoms with E-state index in [0.717, 1.165) is 23.0 Å². The second-order valence-electron chi connectivity index (χ2n) is 7.71. The van der Waals surface area contributed by atoms with Crippen molar-refractivity contribution >= 4 is 21.6 Å². The van der Waals surface area contributed by atoms with Gasteiger partial charge in [0.25, 0.3) is 0 Å². The number of likely N-dealkylation sites (N-methyl/N-ethyl adjacent to an activating group) is 1. The van der Waals surface area contributed by atoms with Crippen molar-refractivity contribution < 1.29 is 13.2 Å². The second kappa shape index (κ2) is 9.41. The Morgan fingerprint density at radius 1 is 1.14 bits per heavy atom. The fourth-order valence-electron chi connectivity index (χ4n) is 3.56. The molecule has 1 saturated heterocycles. The number of rotatable bonds is 7. The molecule has 2 aromatic rings. The summed E-state index contributed by atoms with van der Waals surface area (Å²) in [6, 6.07) is 16.3. The molecule has 1 aliphatic heterocycles. The molecule has 2 aromatic carbocycles. The molecular formula is C22H29N3O3S. The Morgan fingerprint density at radius 2 is 1.83 bits per heavy atom. The summed E-state index contributed by atoms with van der Waals surface area (Å²) in [6.07, 6.45) is 2.51. The van der Waals surface area contributed by atoms with E-state index in [1.54, 1.807) is 18.2 Å². The van der Waals surface area contributed by atoms with Crippen molar-refractivity contribution in [1.29, 1.82) is 0 Å². The van der Waals surface area contributed by atoms with E-state index in [9.17, 15) is 13.2 Å². The van der Waals surface area contributed by atoms with E-state index >= 15 is 0 Å². The van der Waals surface area contributed by atoms with E-state index < -0.39 is 10.0 Å². The maximum absolute atomic E-state index is 12.5. The van der Waals surface area contributed by atoms with Crippen LogP contribution in [0, 0.1) is 5.92 Å². The summed E-state index contributed by atoms with van der Waals surface area (Å²) >= 11 is 0. The number of hydrogen-bond donors (Lipinski definition) is 1. The van der Waals surface area contributed by atoms with Gasteiger partial charge in [-0.05, 0) is 48.6 Å². The molecule has 0 saturated carbocycles. The Labute approximate surface area is 173 Å². The maximum atomic E-state index is 12.5. The van der Waals surface area contributed by atoms with Crippen molar-refractivity contribution in [3.8, 4) is 0 Å². The lowest BCUT2D eigenvalue weighted by atomic mass is 9.99. The predicted molar refractivity (Wildman–Crippen MR) is 115 cm³/mol. The summed E-state index contributed by atoms with van der Waals surface area (Å²) in [5, 5.41) is 2.80. The molecule has 0 aromatic heterocycles. The van der Waals surface area contributed by atoms with Gasteiger partial charge in [-0.3, -0.25) is 4.79 Å². The van der Waals surface area contributed by atoms with E-state index in [1.807, 2.05) is 12.1 Å². The molecule has 1 heterocycles. The van der Waals surface area contributed by atoms with Crippen LogP contribution in [0.4, 0.5) is 5.69 Å². The van der Waals surface area contributed by atoms with Crippen LogP contribution >= 0.6 is 0 Å². The van der Waals surface area contributed by atoms with Gasteiger partial charge in [-0.25, -0.2) is 8.42 Å². The maximum Gasteiger partial charge on any atom is 0.243 e. The highest BCUT2D eigenvalue weighted by molar-refractivity contribution is 7.89. The SMILES string of the molecule is C[C@H]1CCCN(c2ccc(CNC(=O)CN(C)S(=O)(=O)c3ccccc3)cc2)C1. The standard InChI is InChI=1S/C22H29N3O3S/c1-18-7-6-14-25(16-18)20-12-10-19(11-13-20)15-23-22(26)17-24(2)29(27,28)21-8-4-3-5-9-21/h3-5,8-13,18H,6-7,14-17H2,1-2H3,(H,23,26)/t18-/m0/s1. The molecule has 0 radical (unpaired) electrons. The van der Waals surface area contributed by atoms with Gasteiger partial charge in [-0.15, -0.1) is 0 Å². The number of anilines is 1. The van der Waals surface area contributed by atoms with Crippen molar-refractivity contribution in [3.05, 3.63) is 60.2 Å². The molecule has 1 fully saturated rings. The van der Waals surface area contributed by atoms with Crippen molar-refractivity contribution in [1.82, 2.24) is 9.62 Å². The van der Waals surface area contributed by atoms with E-state index in [1.165, 1.54) is 37.7 Å². The highest BCUT2D eigenvalue weighted by Gasteiger charge is 2.22. The fourth-order valence-corrected chi connectivity index (χ4v) is 4.71. The van der Waals surface area contributed by atoms with Crippen molar-refractivity contribution in [2.24, 2.45) is 5.92 Å². The normalized spacial score (nSPS) is 17.3. The topological polar surface area (TPSA) is 69.7 Å². The van der Waals surface area contributed by atoms with Gasteiger partial charge in [0.15, 0.2) is 0 Å². The van der Waals surface area contributed by atoms with E-state index in [4.69, 9.17) is 0 Å². The smallest absolute Gasteiger partial charge is 0.243 e. The van der Waals surface area contributed by atoms with Crippen LogP contribution in [-0.4, -0.2) is 45.3 Å². The van der Waals surface area contributed by atoms with Gasteiger partial charge in [-0.2, -0.15) is 4.31 Å². The van der Waals surface area contributed by atoms with Gasteiger partial charge in [-0.1, -0.05) is 37.3 Å². The van der Waals surface area contributed by atoms with Gasteiger partial charge in [0.05, 0.1) is 11.4 Å². The number of sulfonamides is 1. The monoisotopic (exact) mass is 415 g/mol. The molecule has 1 aliphatic rings. The number of carbonyl (C=O) groups is 1. The lowest BCUT2D eigenvalue weighted by Gasteiger charge is -2.32. The molecule has 29 heavy (non-hydrogen) atoms. The van der Waals surface area contributed by atoms with Gasteiger partial charge in [0.2, 0.25) is 15.9 Å². The Bertz CT molecular complexity index is 914. The van der Waals surface area contributed by atoms with E-state index in [0.29, 0.717) is 12.5 Å². The highest BCUT2D eigenvalue weighted by atomic mass is 32.2. The molecule has 3 rings (SSSR count).